The molecule has 2 N–H and O–H groups in total. The molecule has 2 nitrogen and oxygen atoms in total. The van der Waals surface area contributed by atoms with Gasteiger partial charge < -0.3 is 0 Å². The van der Waals surface area contributed by atoms with E-state index >= 15 is 0 Å². The first-order chi connectivity index (χ1) is 4.49. The van der Waals surface area contributed by atoms with E-state index in [4.69, 9.17) is 5.84 Å². The molecule has 0 aromatic heterocycles. The van der Waals surface area contributed by atoms with E-state index in [0.29, 0.717) is 6.54 Å². The van der Waals surface area contributed by atoms with Gasteiger partial charge >= 0.3 is 0 Å². The molecule has 0 radical (unpaired) electrons. The van der Waals surface area contributed by atoms with Gasteiger partial charge in [0.2, 0.25) is 5.92 Å². The summed E-state index contributed by atoms with van der Waals surface area (Å²) in [4.78, 5) is 0. The van der Waals surface area contributed by atoms with E-state index < -0.39 is 5.92 Å². The normalized spacial score (nSPS) is 24.9. The van der Waals surface area contributed by atoms with Crippen LogP contribution in [0.4, 0.5) is 8.78 Å². The fourth-order valence-corrected chi connectivity index (χ4v) is 1.32. The van der Waals surface area contributed by atoms with Crippen molar-refractivity contribution in [2.45, 2.75) is 18.8 Å². The zero-order chi connectivity index (χ0) is 7.78. The van der Waals surface area contributed by atoms with Crippen molar-refractivity contribution >= 4 is 0 Å². The predicted molar refractivity (Wildman–Crippen MR) is 34.5 cm³/mol. The van der Waals surface area contributed by atoms with Gasteiger partial charge in [-0.05, 0) is 5.92 Å². The fraction of sp³-hybridized carbons (Fsp3) is 1.00. The summed E-state index contributed by atoms with van der Waals surface area (Å²) in [6.45, 7) is 0.579. The number of halogens is 2. The third kappa shape index (κ3) is 1.88. The van der Waals surface area contributed by atoms with Crippen molar-refractivity contribution in [3.63, 3.8) is 0 Å². The standard InChI is InChI=1S/C6H12F2N2/c1-10(9)4-5-2-6(7,8)3-5/h5H,2-4,9H2,1H3. The molecule has 60 valence electrons. The lowest BCUT2D eigenvalue weighted by atomic mass is 9.81. The van der Waals surface area contributed by atoms with Crippen molar-refractivity contribution < 1.29 is 8.78 Å². The molecule has 0 aromatic rings. The van der Waals surface area contributed by atoms with Crippen LogP contribution in [-0.4, -0.2) is 24.5 Å². The molecule has 0 aliphatic heterocycles. The molecule has 0 aromatic carbocycles. The number of hydrazine groups is 1. The van der Waals surface area contributed by atoms with E-state index in [-0.39, 0.29) is 18.8 Å². The highest BCUT2D eigenvalue weighted by Crippen LogP contribution is 2.42. The molecule has 0 spiro atoms. The lowest BCUT2D eigenvalue weighted by molar-refractivity contribution is -0.115. The summed E-state index contributed by atoms with van der Waals surface area (Å²) in [6.07, 6.45) is 0.0169. The summed E-state index contributed by atoms with van der Waals surface area (Å²) in [5.41, 5.74) is 0. The molecule has 0 bridgehead atoms. The van der Waals surface area contributed by atoms with Crippen molar-refractivity contribution in [1.29, 1.82) is 0 Å². The van der Waals surface area contributed by atoms with Gasteiger partial charge in [-0.3, -0.25) is 5.84 Å². The Morgan fingerprint density at radius 3 is 2.40 bits per heavy atom. The van der Waals surface area contributed by atoms with E-state index in [1.165, 1.54) is 5.01 Å². The number of alkyl halides is 2. The topological polar surface area (TPSA) is 29.3 Å². The Morgan fingerprint density at radius 2 is 2.10 bits per heavy atom. The molecular formula is C6H12F2N2. The third-order valence-electron chi connectivity index (χ3n) is 1.72. The molecule has 0 unspecified atom stereocenters. The van der Waals surface area contributed by atoms with Crippen LogP contribution in [0.3, 0.4) is 0 Å². The predicted octanol–water partition coefficient (Wildman–Crippen LogP) is 0.837. The molecule has 1 fully saturated rings. The van der Waals surface area contributed by atoms with Gasteiger partial charge in [0, 0.05) is 26.4 Å². The van der Waals surface area contributed by atoms with Gasteiger partial charge in [0.05, 0.1) is 0 Å². The van der Waals surface area contributed by atoms with Gasteiger partial charge in [0.1, 0.15) is 0 Å². The molecule has 4 heteroatoms. The monoisotopic (exact) mass is 150 g/mol. The smallest absolute Gasteiger partial charge is 0.248 e. The van der Waals surface area contributed by atoms with Crippen molar-refractivity contribution in [3.05, 3.63) is 0 Å². The number of hydrogen-bond acceptors (Lipinski definition) is 2. The maximum Gasteiger partial charge on any atom is 0.248 e. The Labute approximate surface area is 59.0 Å². The van der Waals surface area contributed by atoms with Crippen LogP contribution in [-0.2, 0) is 0 Å². The second-order valence-corrected chi connectivity index (χ2v) is 3.07. The van der Waals surface area contributed by atoms with Crippen molar-refractivity contribution in [1.82, 2.24) is 5.01 Å². The fourth-order valence-electron chi connectivity index (χ4n) is 1.32. The molecule has 1 aliphatic rings. The number of hydrogen-bond donors (Lipinski definition) is 1. The molecule has 1 rings (SSSR count). The lowest BCUT2D eigenvalue weighted by Crippen LogP contribution is -2.43. The van der Waals surface area contributed by atoms with Gasteiger partial charge in [-0.25, -0.2) is 13.8 Å². The average Bonchev–Trinajstić information content (AvgIpc) is 1.57. The Kier molecular flexibility index (Phi) is 1.92. The van der Waals surface area contributed by atoms with Crippen molar-refractivity contribution in [2.75, 3.05) is 13.6 Å². The first kappa shape index (κ1) is 7.88. The second-order valence-electron chi connectivity index (χ2n) is 3.07. The minimum atomic E-state index is -2.40. The van der Waals surface area contributed by atoms with Crippen LogP contribution < -0.4 is 5.84 Å². The Balaban J connectivity index is 2.15. The summed E-state index contributed by atoms with van der Waals surface area (Å²) in [6, 6.07) is 0. The van der Waals surface area contributed by atoms with Crippen molar-refractivity contribution in [3.8, 4) is 0 Å². The van der Waals surface area contributed by atoms with E-state index in [1.807, 2.05) is 0 Å². The molecule has 0 atom stereocenters. The molecular weight excluding hydrogens is 138 g/mol. The summed E-state index contributed by atoms with van der Waals surface area (Å²) >= 11 is 0. The molecule has 1 aliphatic carbocycles. The van der Waals surface area contributed by atoms with E-state index in [9.17, 15) is 8.78 Å². The summed E-state index contributed by atoms with van der Waals surface area (Å²) in [5.74, 6) is 2.98. The minimum absolute atomic E-state index is 0.00847. The van der Waals surface area contributed by atoms with Gasteiger partial charge in [-0.1, -0.05) is 0 Å². The van der Waals surface area contributed by atoms with Crippen LogP contribution in [0.2, 0.25) is 0 Å². The highest BCUT2D eigenvalue weighted by molar-refractivity contribution is 4.86. The maximum absolute atomic E-state index is 12.2. The van der Waals surface area contributed by atoms with E-state index in [1.54, 1.807) is 7.05 Å². The first-order valence-corrected chi connectivity index (χ1v) is 3.33. The first-order valence-electron chi connectivity index (χ1n) is 3.33. The van der Waals surface area contributed by atoms with Gasteiger partial charge in [0.15, 0.2) is 0 Å². The molecule has 0 heterocycles. The average molecular weight is 150 g/mol. The molecule has 10 heavy (non-hydrogen) atoms. The third-order valence-corrected chi connectivity index (χ3v) is 1.72. The SMILES string of the molecule is CN(N)CC1CC(F)(F)C1. The minimum Gasteiger partial charge on any atom is -0.269 e. The Hall–Kier alpha value is -0.220. The largest absolute Gasteiger partial charge is 0.269 e. The van der Waals surface area contributed by atoms with Crippen molar-refractivity contribution in [2.24, 2.45) is 11.8 Å². The zero-order valence-corrected chi connectivity index (χ0v) is 5.98. The lowest BCUT2D eigenvalue weighted by Gasteiger charge is -2.36. The van der Waals surface area contributed by atoms with E-state index in [0.717, 1.165) is 0 Å². The van der Waals surface area contributed by atoms with Gasteiger partial charge in [0.25, 0.3) is 0 Å². The number of rotatable bonds is 2. The maximum atomic E-state index is 12.2. The molecule has 1 saturated carbocycles. The summed E-state index contributed by atoms with van der Waals surface area (Å²) in [7, 11) is 1.69. The van der Waals surface area contributed by atoms with Crippen LogP contribution in [0.5, 0.6) is 0 Å². The Bertz CT molecular complexity index is 114. The quantitative estimate of drug-likeness (QED) is 0.467. The Morgan fingerprint density at radius 1 is 1.60 bits per heavy atom. The second kappa shape index (κ2) is 2.43. The van der Waals surface area contributed by atoms with E-state index in [2.05, 4.69) is 0 Å². The highest BCUT2D eigenvalue weighted by Gasteiger charge is 2.45. The zero-order valence-electron chi connectivity index (χ0n) is 5.98. The van der Waals surface area contributed by atoms with Crippen LogP contribution in [0.1, 0.15) is 12.8 Å². The summed E-state index contributed by atoms with van der Waals surface area (Å²) < 4.78 is 24.4. The number of nitrogens with two attached hydrogens (primary N) is 1. The van der Waals surface area contributed by atoms with Crippen LogP contribution in [0.25, 0.3) is 0 Å². The van der Waals surface area contributed by atoms with Gasteiger partial charge in [-0.2, -0.15) is 0 Å². The highest BCUT2D eigenvalue weighted by atomic mass is 19.3. The van der Waals surface area contributed by atoms with Gasteiger partial charge in [-0.15, -0.1) is 0 Å². The van der Waals surface area contributed by atoms with Crippen LogP contribution in [0.15, 0.2) is 0 Å². The molecule has 0 amide bonds. The summed E-state index contributed by atoms with van der Waals surface area (Å²) in [5, 5.41) is 1.46. The van der Waals surface area contributed by atoms with Crippen LogP contribution >= 0.6 is 0 Å². The van der Waals surface area contributed by atoms with Crippen LogP contribution in [0, 0.1) is 5.92 Å². The number of nitrogens with zero attached hydrogens (tertiary/aromatic N) is 1. The molecule has 0 saturated heterocycles.